The molecule has 32 heavy (non-hydrogen) atoms. The Balaban J connectivity index is 1.54. The molecule has 1 saturated heterocycles. The van der Waals surface area contributed by atoms with E-state index in [1.807, 2.05) is 24.3 Å². The highest BCUT2D eigenvalue weighted by Gasteiger charge is 2.23. The number of carboxylic acid groups (broad SMARTS) is 1. The summed E-state index contributed by atoms with van der Waals surface area (Å²) >= 11 is 6.16. The van der Waals surface area contributed by atoms with Crippen LogP contribution >= 0.6 is 11.6 Å². The molecule has 1 aromatic heterocycles. The number of benzene rings is 2. The highest BCUT2D eigenvalue weighted by molar-refractivity contribution is 6.32. The van der Waals surface area contributed by atoms with Crippen molar-refractivity contribution in [3.05, 3.63) is 70.9 Å². The first-order chi connectivity index (χ1) is 15.4. The van der Waals surface area contributed by atoms with Crippen molar-refractivity contribution < 1.29 is 19.8 Å². The number of nitrogens with one attached hydrogen (secondary N) is 1. The Labute approximate surface area is 190 Å². The van der Waals surface area contributed by atoms with Crippen molar-refractivity contribution in [3.63, 3.8) is 0 Å². The summed E-state index contributed by atoms with van der Waals surface area (Å²) in [5, 5.41) is 26.8. The molecule has 0 aliphatic carbocycles. The van der Waals surface area contributed by atoms with Crippen molar-refractivity contribution in [1.82, 2.24) is 15.1 Å². The third-order valence-electron chi connectivity index (χ3n) is 5.45. The van der Waals surface area contributed by atoms with Crippen LogP contribution in [0.25, 0.3) is 5.69 Å². The number of anilines is 1. The van der Waals surface area contributed by atoms with Gasteiger partial charge in [-0.15, -0.1) is 0 Å². The average molecular weight is 455 g/mol. The van der Waals surface area contributed by atoms with Crippen LogP contribution in [0.3, 0.4) is 0 Å². The van der Waals surface area contributed by atoms with Crippen molar-refractivity contribution in [3.8, 4) is 11.6 Å². The Morgan fingerprint density at radius 2 is 1.78 bits per heavy atom. The molecular formula is C23H23ClN4O4. The van der Waals surface area contributed by atoms with E-state index in [9.17, 15) is 19.8 Å². The highest BCUT2D eigenvalue weighted by atomic mass is 35.5. The molecule has 1 fully saturated rings. The van der Waals surface area contributed by atoms with Crippen molar-refractivity contribution in [2.24, 2.45) is 0 Å². The summed E-state index contributed by atoms with van der Waals surface area (Å²) in [6.07, 6.45) is 2.03. The molecule has 0 spiro atoms. The Bertz CT molecular complexity index is 1120. The number of carbonyl (C=O) groups excluding carboxylic acids is 1. The van der Waals surface area contributed by atoms with Gasteiger partial charge in [-0.3, -0.25) is 9.59 Å². The van der Waals surface area contributed by atoms with Crippen LogP contribution in [0.5, 0.6) is 5.88 Å². The Hall–Kier alpha value is -3.52. The van der Waals surface area contributed by atoms with Gasteiger partial charge < -0.3 is 20.4 Å². The van der Waals surface area contributed by atoms with Gasteiger partial charge in [-0.1, -0.05) is 35.9 Å². The SMILES string of the molecule is O=C(O)CC(NC(=O)c1cc(O)n(-c2ccccc2Cl)n1)c1ccc(N2CCCC2)cc1. The summed E-state index contributed by atoms with van der Waals surface area (Å²) in [6, 6.07) is 14.8. The van der Waals surface area contributed by atoms with Crippen molar-refractivity contribution >= 4 is 29.2 Å². The zero-order valence-electron chi connectivity index (χ0n) is 17.2. The number of aromatic hydroxyl groups is 1. The number of carboxylic acids is 1. The Morgan fingerprint density at radius 3 is 2.44 bits per heavy atom. The molecule has 1 aliphatic rings. The molecule has 4 rings (SSSR count). The maximum absolute atomic E-state index is 12.8. The van der Waals surface area contributed by atoms with Gasteiger partial charge in [0.05, 0.1) is 23.2 Å². The predicted molar refractivity (Wildman–Crippen MR) is 121 cm³/mol. The number of aromatic nitrogens is 2. The first-order valence-corrected chi connectivity index (χ1v) is 10.7. The third-order valence-corrected chi connectivity index (χ3v) is 5.77. The smallest absolute Gasteiger partial charge is 0.305 e. The van der Waals surface area contributed by atoms with Crippen LogP contribution < -0.4 is 10.2 Å². The second-order valence-electron chi connectivity index (χ2n) is 7.66. The van der Waals surface area contributed by atoms with Crippen LogP contribution in [0.1, 0.15) is 41.4 Å². The van der Waals surface area contributed by atoms with E-state index in [1.165, 1.54) is 6.07 Å². The maximum atomic E-state index is 12.8. The van der Waals surface area contributed by atoms with E-state index in [2.05, 4.69) is 15.3 Å². The van der Waals surface area contributed by atoms with Gasteiger partial charge in [0.1, 0.15) is 0 Å². The van der Waals surface area contributed by atoms with Crippen molar-refractivity contribution in [1.29, 1.82) is 0 Å². The summed E-state index contributed by atoms with van der Waals surface area (Å²) in [7, 11) is 0. The second-order valence-corrected chi connectivity index (χ2v) is 8.07. The fourth-order valence-electron chi connectivity index (χ4n) is 3.83. The molecule has 166 valence electrons. The molecule has 1 amide bonds. The van der Waals surface area contributed by atoms with Crippen LogP contribution in [-0.4, -0.2) is 45.0 Å². The first-order valence-electron chi connectivity index (χ1n) is 10.3. The number of nitrogens with zero attached hydrogens (tertiary/aromatic N) is 3. The molecule has 1 aliphatic heterocycles. The number of halogens is 1. The zero-order valence-corrected chi connectivity index (χ0v) is 18.0. The summed E-state index contributed by atoms with van der Waals surface area (Å²) in [5.74, 6) is -1.89. The minimum atomic E-state index is -1.04. The molecule has 0 radical (unpaired) electrons. The van der Waals surface area contributed by atoms with E-state index < -0.39 is 17.9 Å². The van der Waals surface area contributed by atoms with E-state index in [1.54, 1.807) is 24.3 Å². The van der Waals surface area contributed by atoms with Crippen LogP contribution in [0.15, 0.2) is 54.6 Å². The van der Waals surface area contributed by atoms with Crippen LogP contribution in [0, 0.1) is 0 Å². The number of rotatable bonds is 7. The van der Waals surface area contributed by atoms with E-state index >= 15 is 0 Å². The van der Waals surface area contributed by atoms with Crippen LogP contribution in [-0.2, 0) is 4.79 Å². The zero-order chi connectivity index (χ0) is 22.7. The highest BCUT2D eigenvalue weighted by Crippen LogP contribution is 2.26. The first kappa shape index (κ1) is 21.7. The molecular weight excluding hydrogens is 432 g/mol. The third kappa shape index (κ3) is 4.70. The summed E-state index contributed by atoms with van der Waals surface area (Å²) in [5.41, 5.74) is 2.13. The maximum Gasteiger partial charge on any atom is 0.305 e. The van der Waals surface area contributed by atoms with Crippen LogP contribution in [0.2, 0.25) is 5.02 Å². The number of amides is 1. The van der Waals surface area contributed by atoms with Crippen LogP contribution in [0.4, 0.5) is 5.69 Å². The lowest BCUT2D eigenvalue weighted by atomic mass is 10.0. The molecule has 2 heterocycles. The van der Waals surface area contributed by atoms with Gasteiger partial charge in [0.2, 0.25) is 5.88 Å². The summed E-state index contributed by atoms with van der Waals surface area (Å²) in [4.78, 5) is 26.5. The van der Waals surface area contributed by atoms with E-state index in [4.69, 9.17) is 11.6 Å². The van der Waals surface area contributed by atoms with E-state index in [-0.39, 0.29) is 18.0 Å². The van der Waals surface area contributed by atoms with Gasteiger partial charge >= 0.3 is 5.97 Å². The standard InChI is InChI=1S/C23H23ClN4O4/c24-17-5-1-2-6-20(17)28-21(29)13-19(26-28)23(32)25-18(14-22(30)31)15-7-9-16(10-8-15)27-11-3-4-12-27/h1-2,5-10,13,18,29H,3-4,11-12,14H2,(H,25,32)(H,30,31). The number of hydrogen-bond donors (Lipinski definition) is 3. The quantitative estimate of drug-likeness (QED) is 0.501. The molecule has 0 saturated carbocycles. The van der Waals surface area contributed by atoms with Gasteiger partial charge in [0, 0.05) is 24.8 Å². The lowest BCUT2D eigenvalue weighted by Crippen LogP contribution is -2.30. The molecule has 2 aromatic carbocycles. The lowest BCUT2D eigenvalue weighted by Gasteiger charge is -2.20. The van der Waals surface area contributed by atoms with Crippen molar-refractivity contribution in [2.45, 2.75) is 25.3 Å². The minimum Gasteiger partial charge on any atom is -0.493 e. The second kappa shape index (κ2) is 9.32. The number of hydrogen-bond acceptors (Lipinski definition) is 5. The fraction of sp³-hybridized carbons (Fsp3) is 0.261. The largest absolute Gasteiger partial charge is 0.493 e. The molecule has 1 unspecified atom stereocenters. The molecule has 3 aromatic rings. The Kier molecular flexibility index (Phi) is 6.32. The lowest BCUT2D eigenvalue weighted by molar-refractivity contribution is -0.137. The van der Waals surface area contributed by atoms with Gasteiger partial charge in [-0.2, -0.15) is 9.78 Å². The monoisotopic (exact) mass is 454 g/mol. The molecule has 1 atom stereocenters. The van der Waals surface area contributed by atoms with Crippen molar-refractivity contribution in [2.75, 3.05) is 18.0 Å². The van der Waals surface area contributed by atoms with Gasteiger partial charge in [-0.05, 0) is 42.7 Å². The van der Waals surface area contributed by atoms with E-state index in [0.717, 1.165) is 36.3 Å². The molecule has 0 bridgehead atoms. The fourth-order valence-corrected chi connectivity index (χ4v) is 4.05. The number of para-hydroxylation sites is 1. The normalized spacial score (nSPS) is 14.3. The minimum absolute atomic E-state index is 0.0495. The number of aliphatic carboxylic acids is 1. The van der Waals surface area contributed by atoms with Gasteiger partial charge in [0.25, 0.3) is 5.91 Å². The van der Waals surface area contributed by atoms with E-state index in [0.29, 0.717) is 16.3 Å². The van der Waals surface area contributed by atoms with Gasteiger partial charge in [0.15, 0.2) is 5.69 Å². The number of carbonyl (C=O) groups is 2. The van der Waals surface area contributed by atoms with Gasteiger partial charge in [-0.25, -0.2) is 0 Å². The predicted octanol–water partition coefficient (Wildman–Crippen LogP) is 3.78. The summed E-state index contributed by atoms with van der Waals surface area (Å²) in [6.45, 7) is 2.01. The topological polar surface area (TPSA) is 108 Å². The Morgan fingerprint density at radius 1 is 1.09 bits per heavy atom. The molecule has 9 heteroatoms. The molecule has 8 nitrogen and oxygen atoms in total. The average Bonchev–Trinajstić information content (AvgIpc) is 3.44. The molecule has 3 N–H and O–H groups in total. The summed E-state index contributed by atoms with van der Waals surface area (Å²) < 4.78 is 1.16.